The number of halogens is 1. The van der Waals surface area contributed by atoms with Gasteiger partial charge in [-0.2, -0.15) is 0 Å². The fourth-order valence-electron chi connectivity index (χ4n) is 5.62. The van der Waals surface area contributed by atoms with Crippen molar-refractivity contribution in [3.63, 3.8) is 0 Å². The lowest BCUT2D eigenvalue weighted by Crippen LogP contribution is -2.44. The Labute approximate surface area is 243 Å². The molecule has 40 heavy (non-hydrogen) atoms. The zero-order valence-electron chi connectivity index (χ0n) is 22.1. The standard InChI is InChI=1S/C38H30O.ClH/c1-7-19-31(20-8-1)37(32-21-9-2-10-22-32,33-23-11-3-12-24-33)39-38(34-25-13-4-14-26-34,35-27-15-5-16-28-35)36-29-17-6-18-30-36;/h1-30H;1H. The Morgan fingerprint density at radius 2 is 0.400 bits per heavy atom. The summed E-state index contributed by atoms with van der Waals surface area (Å²) in [5, 5.41) is 0. The average molecular weight is 539 g/mol. The molecule has 1 nitrogen and oxygen atoms in total. The van der Waals surface area contributed by atoms with Crippen molar-refractivity contribution in [1.29, 1.82) is 0 Å². The summed E-state index contributed by atoms with van der Waals surface area (Å²) in [5.74, 6) is 0. The Morgan fingerprint density at radius 3 is 0.550 bits per heavy atom. The van der Waals surface area contributed by atoms with E-state index in [1.54, 1.807) is 0 Å². The van der Waals surface area contributed by atoms with Gasteiger partial charge in [-0.15, -0.1) is 12.4 Å². The van der Waals surface area contributed by atoms with Crippen LogP contribution in [0, 0.1) is 0 Å². The van der Waals surface area contributed by atoms with Crippen LogP contribution in [0.15, 0.2) is 182 Å². The summed E-state index contributed by atoms with van der Waals surface area (Å²) >= 11 is 0. The van der Waals surface area contributed by atoms with Crippen molar-refractivity contribution in [2.75, 3.05) is 0 Å². The Kier molecular flexibility index (Phi) is 8.26. The second-order valence-electron chi connectivity index (χ2n) is 9.66. The first-order valence-electron chi connectivity index (χ1n) is 13.4. The molecule has 0 N–H and O–H groups in total. The smallest absolute Gasteiger partial charge is 0.145 e. The van der Waals surface area contributed by atoms with Gasteiger partial charge in [-0.25, -0.2) is 0 Å². The molecule has 0 radical (unpaired) electrons. The van der Waals surface area contributed by atoms with Crippen LogP contribution in [0.3, 0.4) is 0 Å². The van der Waals surface area contributed by atoms with Gasteiger partial charge in [0, 0.05) is 0 Å². The van der Waals surface area contributed by atoms with Gasteiger partial charge >= 0.3 is 0 Å². The minimum Gasteiger partial charge on any atom is -0.340 e. The molecule has 0 fully saturated rings. The molecule has 6 rings (SSSR count). The zero-order chi connectivity index (χ0) is 26.4. The van der Waals surface area contributed by atoms with Gasteiger partial charge in [0.25, 0.3) is 0 Å². The maximum absolute atomic E-state index is 7.94. The van der Waals surface area contributed by atoms with E-state index < -0.39 is 11.2 Å². The SMILES string of the molecule is Cl.c1ccc(C(OC(c2ccccc2)(c2ccccc2)c2ccccc2)(c2ccccc2)c2ccccc2)cc1. The second-order valence-corrected chi connectivity index (χ2v) is 9.66. The van der Waals surface area contributed by atoms with Crippen LogP contribution in [-0.2, 0) is 15.9 Å². The topological polar surface area (TPSA) is 9.23 Å². The molecule has 0 unspecified atom stereocenters. The van der Waals surface area contributed by atoms with E-state index in [2.05, 4.69) is 182 Å². The van der Waals surface area contributed by atoms with Crippen molar-refractivity contribution in [2.24, 2.45) is 0 Å². The molecule has 196 valence electrons. The van der Waals surface area contributed by atoms with Crippen molar-refractivity contribution >= 4 is 12.4 Å². The molecule has 0 amide bonds. The van der Waals surface area contributed by atoms with Crippen LogP contribution in [0.1, 0.15) is 33.4 Å². The van der Waals surface area contributed by atoms with E-state index in [9.17, 15) is 0 Å². The van der Waals surface area contributed by atoms with Crippen LogP contribution >= 0.6 is 12.4 Å². The predicted octanol–water partition coefficient (Wildman–Crippen LogP) is 9.41. The Morgan fingerprint density at radius 1 is 0.250 bits per heavy atom. The van der Waals surface area contributed by atoms with Crippen LogP contribution in [0.25, 0.3) is 0 Å². The summed E-state index contributed by atoms with van der Waals surface area (Å²) in [5.41, 5.74) is 4.54. The van der Waals surface area contributed by atoms with Gasteiger partial charge in [0.05, 0.1) is 0 Å². The summed E-state index contributed by atoms with van der Waals surface area (Å²) in [6.45, 7) is 0. The first-order chi connectivity index (χ1) is 19.3. The van der Waals surface area contributed by atoms with Gasteiger partial charge in [0.1, 0.15) is 11.2 Å². The van der Waals surface area contributed by atoms with Gasteiger partial charge in [0.2, 0.25) is 0 Å². The van der Waals surface area contributed by atoms with Gasteiger partial charge in [-0.1, -0.05) is 182 Å². The molecule has 0 atom stereocenters. The average Bonchev–Trinajstić information content (AvgIpc) is 3.04. The summed E-state index contributed by atoms with van der Waals surface area (Å²) in [6.07, 6.45) is 0. The molecule has 0 saturated heterocycles. The van der Waals surface area contributed by atoms with E-state index in [0.29, 0.717) is 0 Å². The van der Waals surface area contributed by atoms with E-state index in [1.165, 1.54) is 0 Å². The van der Waals surface area contributed by atoms with E-state index in [4.69, 9.17) is 4.74 Å². The Balaban J connectivity index is 0.00000323. The second kappa shape index (κ2) is 12.2. The summed E-state index contributed by atoms with van der Waals surface area (Å²) in [4.78, 5) is 0. The Hall–Kier alpha value is -4.43. The maximum Gasteiger partial charge on any atom is 0.145 e. The van der Waals surface area contributed by atoms with Gasteiger partial charge in [-0.05, 0) is 33.4 Å². The van der Waals surface area contributed by atoms with Gasteiger partial charge < -0.3 is 4.74 Å². The molecule has 2 heteroatoms. The number of hydrogen-bond acceptors (Lipinski definition) is 1. The number of rotatable bonds is 8. The van der Waals surface area contributed by atoms with Crippen molar-refractivity contribution < 1.29 is 4.74 Å². The summed E-state index contributed by atoms with van der Waals surface area (Å²) in [7, 11) is 0. The third-order valence-electron chi connectivity index (χ3n) is 7.39. The molecule has 0 aliphatic rings. The highest BCUT2D eigenvalue weighted by molar-refractivity contribution is 5.85. The zero-order valence-corrected chi connectivity index (χ0v) is 23.0. The van der Waals surface area contributed by atoms with Crippen molar-refractivity contribution in [3.8, 4) is 0 Å². The molecule has 0 spiro atoms. The quantitative estimate of drug-likeness (QED) is 0.175. The van der Waals surface area contributed by atoms with Gasteiger partial charge in [0.15, 0.2) is 0 Å². The minimum atomic E-state index is -0.925. The number of hydrogen-bond donors (Lipinski definition) is 0. The van der Waals surface area contributed by atoms with Gasteiger partial charge in [-0.3, -0.25) is 0 Å². The Bertz CT molecular complexity index is 1270. The maximum atomic E-state index is 7.94. The molecular formula is C38H31ClO. The first-order valence-corrected chi connectivity index (χ1v) is 13.4. The third kappa shape index (κ3) is 4.86. The monoisotopic (exact) mass is 538 g/mol. The third-order valence-corrected chi connectivity index (χ3v) is 7.39. The van der Waals surface area contributed by atoms with E-state index >= 15 is 0 Å². The molecule has 0 saturated carbocycles. The van der Waals surface area contributed by atoms with E-state index in [0.717, 1.165) is 33.4 Å². The lowest BCUT2D eigenvalue weighted by molar-refractivity contribution is -0.0810. The number of ether oxygens (including phenoxy) is 1. The molecule has 6 aromatic rings. The van der Waals surface area contributed by atoms with Crippen LogP contribution in [0.2, 0.25) is 0 Å². The normalized spacial score (nSPS) is 11.4. The molecular weight excluding hydrogens is 508 g/mol. The number of benzene rings is 6. The van der Waals surface area contributed by atoms with Crippen LogP contribution in [-0.4, -0.2) is 0 Å². The molecule has 0 aliphatic carbocycles. The summed E-state index contributed by atoms with van der Waals surface area (Å²) < 4.78 is 7.94. The van der Waals surface area contributed by atoms with Crippen LogP contribution < -0.4 is 0 Å². The van der Waals surface area contributed by atoms with Crippen LogP contribution in [0.5, 0.6) is 0 Å². The fraction of sp³-hybridized carbons (Fsp3) is 0.0526. The molecule has 0 aromatic heterocycles. The van der Waals surface area contributed by atoms with E-state index in [1.807, 2.05) is 0 Å². The summed E-state index contributed by atoms with van der Waals surface area (Å²) in [6, 6.07) is 63.5. The molecule has 0 bridgehead atoms. The lowest BCUT2D eigenvalue weighted by Gasteiger charge is -2.46. The largest absolute Gasteiger partial charge is 0.340 e. The van der Waals surface area contributed by atoms with Crippen molar-refractivity contribution in [1.82, 2.24) is 0 Å². The van der Waals surface area contributed by atoms with Crippen molar-refractivity contribution in [2.45, 2.75) is 11.2 Å². The van der Waals surface area contributed by atoms with Crippen LogP contribution in [0.4, 0.5) is 0 Å². The highest BCUT2D eigenvalue weighted by atomic mass is 35.5. The molecule has 0 aliphatic heterocycles. The highest BCUT2D eigenvalue weighted by Crippen LogP contribution is 2.51. The molecule has 6 aromatic carbocycles. The highest BCUT2D eigenvalue weighted by Gasteiger charge is 2.48. The van der Waals surface area contributed by atoms with E-state index in [-0.39, 0.29) is 12.4 Å². The molecule has 0 heterocycles. The fourth-order valence-corrected chi connectivity index (χ4v) is 5.62. The predicted molar refractivity (Wildman–Crippen MR) is 167 cm³/mol. The first kappa shape index (κ1) is 27.1. The van der Waals surface area contributed by atoms with Crippen molar-refractivity contribution in [3.05, 3.63) is 215 Å². The minimum absolute atomic E-state index is 0. The lowest BCUT2D eigenvalue weighted by atomic mass is 9.75.